The lowest BCUT2D eigenvalue weighted by molar-refractivity contribution is 0.0475. The molecule has 0 fully saturated rings. The summed E-state index contributed by atoms with van der Waals surface area (Å²) in [5, 5.41) is 3.43. The standard InChI is InChI=1S/C21H14ClNO2S/c22-15-9-7-14(8-10-15)13-25-21(24)17-12-19(20-6-3-11-26-20)23-18-5-2-1-4-16(17)18/h1-12H,13H2. The first-order valence-corrected chi connectivity index (χ1v) is 9.32. The Morgan fingerprint density at radius 1 is 1.04 bits per heavy atom. The predicted octanol–water partition coefficient (Wildman–Crippen LogP) is 5.97. The number of rotatable bonds is 4. The van der Waals surface area contributed by atoms with Gasteiger partial charge in [-0.3, -0.25) is 0 Å². The van der Waals surface area contributed by atoms with Crippen LogP contribution in [0.3, 0.4) is 0 Å². The van der Waals surface area contributed by atoms with E-state index < -0.39 is 0 Å². The van der Waals surface area contributed by atoms with Gasteiger partial charge in [-0.2, -0.15) is 0 Å². The molecule has 128 valence electrons. The van der Waals surface area contributed by atoms with Crippen LogP contribution in [0.5, 0.6) is 0 Å². The average Bonchev–Trinajstić information content (AvgIpc) is 3.21. The van der Waals surface area contributed by atoms with Crippen LogP contribution >= 0.6 is 22.9 Å². The number of nitrogens with zero attached hydrogens (tertiary/aromatic N) is 1. The van der Waals surface area contributed by atoms with Crippen LogP contribution in [0, 0.1) is 0 Å². The largest absolute Gasteiger partial charge is 0.457 e. The number of aromatic nitrogens is 1. The fraction of sp³-hybridized carbons (Fsp3) is 0.0476. The third-order valence-electron chi connectivity index (χ3n) is 3.99. The number of pyridine rings is 1. The monoisotopic (exact) mass is 379 g/mol. The topological polar surface area (TPSA) is 39.2 Å². The fourth-order valence-electron chi connectivity index (χ4n) is 2.70. The molecule has 0 aliphatic rings. The van der Waals surface area contributed by atoms with E-state index in [9.17, 15) is 4.79 Å². The number of para-hydroxylation sites is 1. The molecule has 0 unspecified atom stereocenters. The molecule has 0 saturated carbocycles. The molecule has 2 heterocycles. The van der Waals surface area contributed by atoms with Crippen LogP contribution in [0.4, 0.5) is 0 Å². The van der Waals surface area contributed by atoms with E-state index in [0.717, 1.165) is 27.0 Å². The maximum atomic E-state index is 12.7. The zero-order valence-corrected chi connectivity index (χ0v) is 15.3. The van der Waals surface area contributed by atoms with E-state index in [-0.39, 0.29) is 12.6 Å². The molecule has 4 rings (SSSR count). The molecule has 0 atom stereocenters. The minimum Gasteiger partial charge on any atom is -0.457 e. The number of esters is 1. The second-order valence-corrected chi connectivity index (χ2v) is 7.14. The van der Waals surface area contributed by atoms with Crippen molar-refractivity contribution in [2.75, 3.05) is 0 Å². The molecule has 0 saturated heterocycles. The van der Waals surface area contributed by atoms with Gasteiger partial charge < -0.3 is 4.74 Å². The number of fused-ring (bicyclic) bond motifs is 1. The van der Waals surface area contributed by atoms with Crippen LogP contribution in [0.1, 0.15) is 15.9 Å². The first-order valence-electron chi connectivity index (χ1n) is 8.06. The van der Waals surface area contributed by atoms with Gasteiger partial charge in [0.1, 0.15) is 6.61 Å². The normalized spacial score (nSPS) is 10.8. The Balaban J connectivity index is 1.67. The van der Waals surface area contributed by atoms with Crippen molar-refractivity contribution in [2.45, 2.75) is 6.61 Å². The molecule has 5 heteroatoms. The maximum Gasteiger partial charge on any atom is 0.339 e. The summed E-state index contributed by atoms with van der Waals surface area (Å²) >= 11 is 7.48. The van der Waals surface area contributed by atoms with Gasteiger partial charge in [0.15, 0.2) is 0 Å². The number of ether oxygens (including phenoxy) is 1. The Morgan fingerprint density at radius 2 is 1.85 bits per heavy atom. The van der Waals surface area contributed by atoms with Crippen molar-refractivity contribution < 1.29 is 9.53 Å². The Hall–Kier alpha value is -2.69. The molecule has 0 N–H and O–H groups in total. The zero-order valence-electron chi connectivity index (χ0n) is 13.7. The summed E-state index contributed by atoms with van der Waals surface area (Å²) in [6, 6.07) is 20.6. The molecule has 0 spiro atoms. The van der Waals surface area contributed by atoms with Crippen LogP contribution < -0.4 is 0 Å². The first kappa shape index (κ1) is 16.8. The molecule has 0 aliphatic heterocycles. The Kier molecular flexibility index (Phi) is 4.69. The molecule has 2 aromatic heterocycles. The van der Waals surface area contributed by atoms with Crippen molar-refractivity contribution in [3.8, 4) is 10.6 Å². The lowest BCUT2D eigenvalue weighted by Gasteiger charge is -2.09. The highest BCUT2D eigenvalue weighted by atomic mass is 35.5. The van der Waals surface area contributed by atoms with Gasteiger partial charge in [0, 0.05) is 10.4 Å². The summed E-state index contributed by atoms with van der Waals surface area (Å²) in [5.74, 6) is -0.364. The smallest absolute Gasteiger partial charge is 0.339 e. The quantitative estimate of drug-likeness (QED) is 0.410. The van der Waals surface area contributed by atoms with E-state index in [2.05, 4.69) is 4.98 Å². The van der Waals surface area contributed by atoms with Crippen molar-refractivity contribution in [1.82, 2.24) is 4.98 Å². The molecule has 0 aliphatic carbocycles. The van der Waals surface area contributed by atoms with Crippen LogP contribution in [0.2, 0.25) is 5.02 Å². The molecular weight excluding hydrogens is 366 g/mol. The van der Waals surface area contributed by atoms with E-state index in [0.29, 0.717) is 10.6 Å². The van der Waals surface area contributed by atoms with Crippen LogP contribution in [-0.2, 0) is 11.3 Å². The lowest BCUT2D eigenvalue weighted by atomic mass is 10.1. The molecule has 26 heavy (non-hydrogen) atoms. The third-order valence-corrected chi connectivity index (χ3v) is 5.14. The average molecular weight is 380 g/mol. The predicted molar refractivity (Wildman–Crippen MR) is 106 cm³/mol. The minimum atomic E-state index is -0.364. The van der Waals surface area contributed by atoms with Crippen molar-refractivity contribution in [3.63, 3.8) is 0 Å². The molecular formula is C21H14ClNO2S. The Labute approximate surface area is 159 Å². The summed E-state index contributed by atoms with van der Waals surface area (Å²) in [5.41, 5.74) is 2.96. The first-order chi connectivity index (χ1) is 12.7. The summed E-state index contributed by atoms with van der Waals surface area (Å²) in [6.45, 7) is 0.195. The van der Waals surface area contributed by atoms with Crippen LogP contribution in [0.15, 0.2) is 72.1 Å². The van der Waals surface area contributed by atoms with Crippen molar-refractivity contribution in [1.29, 1.82) is 0 Å². The summed E-state index contributed by atoms with van der Waals surface area (Å²) in [4.78, 5) is 18.4. The molecule has 2 aromatic carbocycles. The Bertz CT molecular complexity index is 1060. The van der Waals surface area contributed by atoms with Crippen LogP contribution in [0.25, 0.3) is 21.5 Å². The summed E-state index contributed by atoms with van der Waals surface area (Å²) in [6.07, 6.45) is 0. The number of hydrogen-bond donors (Lipinski definition) is 0. The Morgan fingerprint density at radius 3 is 2.62 bits per heavy atom. The highest BCUT2D eigenvalue weighted by Crippen LogP contribution is 2.28. The third kappa shape index (κ3) is 3.47. The SMILES string of the molecule is O=C(OCc1ccc(Cl)cc1)c1cc(-c2cccs2)nc2ccccc12. The highest BCUT2D eigenvalue weighted by Gasteiger charge is 2.15. The molecule has 4 aromatic rings. The molecule has 0 radical (unpaired) electrons. The molecule has 3 nitrogen and oxygen atoms in total. The number of thiophene rings is 1. The van der Waals surface area contributed by atoms with E-state index in [1.807, 2.05) is 53.9 Å². The summed E-state index contributed by atoms with van der Waals surface area (Å²) in [7, 11) is 0. The number of hydrogen-bond acceptors (Lipinski definition) is 4. The van der Waals surface area contributed by atoms with Crippen molar-refractivity contribution >= 4 is 39.8 Å². The van der Waals surface area contributed by atoms with Crippen molar-refractivity contribution in [3.05, 3.63) is 88.3 Å². The van der Waals surface area contributed by atoms with Gasteiger partial charge >= 0.3 is 5.97 Å². The highest BCUT2D eigenvalue weighted by molar-refractivity contribution is 7.13. The maximum absolute atomic E-state index is 12.7. The van der Waals surface area contributed by atoms with Gasteiger partial charge in [0.05, 0.1) is 21.7 Å². The van der Waals surface area contributed by atoms with Gasteiger partial charge in [-0.1, -0.05) is 48.0 Å². The second kappa shape index (κ2) is 7.28. The van der Waals surface area contributed by atoms with E-state index in [1.165, 1.54) is 0 Å². The van der Waals surface area contributed by atoms with Crippen molar-refractivity contribution in [2.24, 2.45) is 0 Å². The van der Waals surface area contributed by atoms with Gasteiger partial charge in [-0.15, -0.1) is 11.3 Å². The number of carbonyl (C=O) groups is 1. The summed E-state index contributed by atoms with van der Waals surface area (Å²) < 4.78 is 5.53. The second-order valence-electron chi connectivity index (χ2n) is 5.75. The molecule has 0 bridgehead atoms. The van der Waals surface area contributed by atoms with E-state index in [4.69, 9.17) is 16.3 Å². The van der Waals surface area contributed by atoms with E-state index in [1.54, 1.807) is 29.5 Å². The molecule has 0 amide bonds. The number of carbonyl (C=O) groups excluding carboxylic acids is 1. The van der Waals surface area contributed by atoms with Crippen LogP contribution in [-0.4, -0.2) is 11.0 Å². The van der Waals surface area contributed by atoms with Gasteiger partial charge in [0.25, 0.3) is 0 Å². The van der Waals surface area contributed by atoms with Gasteiger partial charge in [-0.25, -0.2) is 9.78 Å². The number of halogens is 1. The van der Waals surface area contributed by atoms with E-state index >= 15 is 0 Å². The fourth-order valence-corrected chi connectivity index (χ4v) is 3.51. The zero-order chi connectivity index (χ0) is 17.9. The lowest BCUT2D eigenvalue weighted by Crippen LogP contribution is -2.07. The minimum absolute atomic E-state index is 0.195. The van der Waals surface area contributed by atoms with Gasteiger partial charge in [0.2, 0.25) is 0 Å². The number of benzene rings is 2. The van der Waals surface area contributed by atoms with Gasteiger partial charge in [-0.05, 0) is 41.3 Å².